The molecule has 1 aliphatic carbocycles. The molecule has 1 fully saturated rings. The first-order valence-electron chi connectivity index (χ1n) is 7.24. The average Bonchev–Trinajstić information content (AvgIpc) is 2.53. The molecule has 3 heteroatoms. The normalized spacial score (nSPS) is 25.9. The summed E-state index contributed by atoms with van der Waals surface area (Å²) in [6.45, 7) is 4.35. The number of ether oxygens (including phenoxy) is 1. The van der Waals surface area contributed by atoms with E-state index in [1.807, 2.05) is 18.2 Å². The number of hydrogen-bond acceptors (Lipinski definition) is 3. The fourth-order valence-electron chi connectivity index (χ4n) is 3.27. The number of methoxy groups -OCH3 is 1. The van der Waals surface area contributed by atoms with Gasteiger partial charge in [-0.3, -0.25) is 10.1 Å². The van der Waals surface area contributed by atoms with Gasteiger partial charge in [0.05, 0.1) is 7.11 Å². The molecule has 0 bridgehead atoms. The summed E-state index contributed by atoms with van der Waals surface area (Å²) in [7, 11) is 1.47. The first-order valence-corrected chi connectivity index (χ1v) is 7.24. The van der Waals surface area contributed by atoms with E-state index in [4.69, 9.17) is 4.74 Å². The molecule has 2 atom stereocenters. The molecule has 108 valence electrons. The van der Waals surface area contributed by atoms with Gasteiger partial charge in [0.1, 0.15) is 5.54 Å². The summed E-state index contributed by atoms with van der Waals surface area (Å²) >= 11 is 0. The van der Waals surface area contributed by atoms with E-state index >= 15 is 0 Å². The van der Waals surface area contributed by atoms with Crippen molar-refractivity contribution in [1.29, 1.82) is 0 Å². The third-order valence-corrected chi connectivity index (χ3v) is 4.22. The molecule has 0 radical (unpaired) electrons. The minimum absolute atomic E-state index is 0.157. The number of carbonyl (C=O) groups excluding carboxylic acids is 1. The molecule has 0 aromatic heterocycles. The molecule has 1 N–H and O–H groups in total. The van der Waals surface area contributed by atoms with Crippen LogP contribution in [-0.4, -0.2) is 25.2 Å². The zero-order chi connectivity index (χ0) is 14.4. The number of carbonyl (C=O) groups is 1. The van der Waals surface area contributed by atoms with Gasteiger partial charge in [0, 0.05) is 12.5 Å². The smallest absolute Gasteiger partial charge is 0.326 e. The van der Waals surface area contributed by atoms with Crippen LogP contribution >= 0.6 is 0 Å². The van der Waals surface area contributed by atoms with Gasteiger partial charge in [-0.1, -0.05) is 49.2 Å². The highest BCUT2D eigenvalue weighted by Crippen LogP contribution is 2.41. The molecule has 1 aromatic rings. The Bertz CT molecular complexity index is 457. The molecule has 0 saturated heterocycles. The summed E-state index contributed by atoms with van der Waals surface area (Å²) in [6.07, 6.45) is 5.80. The topological polar surface area (TPSA) is 38.3 Å². The maximum absolute atomic E-state index is 12.5. The number of nitrogens with one attached hydrogen (secondary N) is 1. The van der Waals surface area contributed by atoms with Crippen LogP contribution in [0.2, 0.25) is 0 Å². The van der Waals surface area contributed by atoms with Gasteiger partial charge in [0.15, 0.2) is 0 Å². The fraction of sp³-hybridized carbons (Fsp3) is 0.471. The van der Waals surface area contributed by atoms with Crippen molar-refractivity contribution in [2.75, 3.05) is 13.7 Å². The summed E-state index contributed by atoms with van der Waals surface area (Å²) in [5.41, 5.74) is 0.580. The van der Waals surface area contributed by atoms with Gasteiger partial charge in [0.2, 0.25) is 0 Å². The Hall–Kier alpha value is -1.61. The highest BCUT2D eigenvalue weighted by molar-refractivity contribution is 5.82. The van der Waals surface area contributed by atoms with E-state index in [-0.39, 0.29) is 11.9 Å². The van der Waals surface area contributed by atoms with E-state index in [2.05, 4.69) is 24.0 Å². The number of esters is 1. The summed E-state index contributed by atoms with van der Waals surface area (Å²) in [4.78, 5) is 12.5. The Balaban J connectivity index is 2.38. The molecule has 20 heavy (non-hydrogen) atoms. The third-order valence-electron chi connectivity index (χ3n) is 4.22. The lowest BCUT2D eigenvalue weighted by atomic mass is 9.69. The zero-order valence-corrected chi connectivity index (χ0v) is 12.1. The fourth-order valence-corrected chi connectivity index (χ4v) is 3.27. The predicted octanol–water partition coefficient (Wildman–Crippen LogP) is 3.03. The van der Waals surface area contributed by atoms with Gasteiger partial charge in [-0.25, -0.2) is 0 Å². The van der Waals surface area contributed by atoms with E-state index in [0.29, 0.717) is 6.54 Å². The van der Waals surface area contributed by atoms with Crippen LogP contribution in [0.3, 0.4) is 0 Å². The second-order valence-corrected chi connectivity index (χ2v) is 5.34. The Morgan fingerprint density at radius 1 is 1.45 bits per heavy atom. The van der Waals surface area contributed by atoms with Crippen molar-refractivity contribution < 1.29 is 9.53 Å². The Morgan fingerprint density at radius 3 is 2.85 bits per heavy atom. The standard InChI is InChI=1S/C17H23NO2/c1-3-13-18-17(16(19)20-2)12-8-7-11-15(17)14-9-5-4-6-10-14/h3-6,9-10,15,18H,1,7-8,11-13H2,2H3. The predicted molar refractivity (Wildman–Crippen MR) is 80.6 cm³/mol. The molecular formula is C17H23NO2. The van der Waals surface area contributed by atoms with Crippen molar-refractivity contribution in [3.05, 3.63) is 48.6 Å². The van der Waals surface area contributed by atoms with Crippen LogP contribution in [0.5, 0.6) is 0 Å². The zero-order valence-electron chi connectivity index (χ0n) is 12.1. The average molecular weight is 273 g/mol. The maximum Gasteiger partial charge on any atom is 0.326 e. The number of rotatable bonds is 5. The van der Waals surface area contributed by atoms with Gasteiger partial charge in [-0.15, -0.1) is 6.58 Å². The molecule has 0 heterocycles. The molecule has 1 saturated carbocycles. The molecule has 0 spiro atoms. The van der Waals surface area contributed by atoms with Crippen molar-refractivity contribution in [2.45, 2.75) is 37.1 Å². The quantitative estimate of drug-likeness (QED) is 0.662. The summed E-state index contributed by atoms with van der Waals surface area (Å²) in [6, 6.07) is 10.3. The van der Waals surface area contributed by atoms with Gasteiger partial charge in [-0.2, -0.15) is 0 Å². The molecule has 1 aromatic carbocycles. The van der Waals surface area contributed by atoms with E-state index in [9.17, 15) is 4.79 Å². The third kappa shape index (κ3) is 2.78. The van der Waals surface area contributed by atoms with Crippen LogP contribution in [0.25, 0.3) is 0 Å². The van der Waals surface area contributed by atoms with E-state index < -0.39 is 5.54 Å². The molecule has 2 unspecified atom stereocenters. The highest BCUT2D eigenvalue weighted by atomic mass is 16.5. The summed E-state index contributed by atoms with van der Waals surface area (Å²) in [5.74, 6) is -0.00208. The maximum atomic E-state index is 12.5. The van der Waals surface area contributed by atoms with Crippen molar-refractivity contribution >= 4 is 5.97 Å². The van der Waals surface area contributed by atoms with Crippen LogP contribution in [-0.2, 0) is 9.53 Å². The van der Waals surface area contributed by atoms with Crippen molar-refractivity contribution in [1.82, 2.24) is 5.32 Å². The van der Waals surface area contributed by atoms with Gasteiger partial charge in [0.25, 0.3) is 0 Å². The highest BCUT2D eigenvalue weighted by Gasteiger charge is 2.48. The van der Waals surface area contributed by atoms with Gasteiger partial charge >= 0.3 is 5.97 Å². The van der Waals surface area contributed by atoms with Gasteiger partial charge in [-0.05, 0) is 18.4 Å². The lowest BCUT2D eigenvalue weighted by Gasteiger charge is -2.42. The van der Waals surface area contributed by atoms with Crippen LogP contribution in [0, 0.1) is 0 Å². The Kier molecular flexibility index (Phi) is 4.96. The first-order chi connectivity index (χ1) is 9.74. The monoisotopic (exact) mass is 273 g/mol. The molecule has 2 rings (SSSR count). The van der Waals surface area contributed by atoms with E-state index in [0.717, 1.165) is 25.7 Å². The van der Waals surface area contributed by atoms with Crippen LogP contribution in [0.15, 0.2) is 43.0 Å². The first kappa shape index (κ1) is 14.8. The molecule has 0 amide bonds. The largest absolute Gasteiger partial charge is 0.468 e. The second kappa shape index (κ2) is 6.71. The van der Waals surface area contributed by atoms with E-state index in [1.165, 1.54) is 12.7 Å². The molecule has 1 aliphatic rings. The van der Waals surface area contributed by atoms with Crippen molar-refractivity contribution in [2.24, 2.45) is 0 Å². The second-order valence-electron chi connectivity index (χ2n) is 5.34. The Morgan fingerprint density at radius 2 is 2.20 bits per heavy atom. The van der Waals surface area contributed by atoms with Crippen LogP contribution in [0.4, 0.5) is 0 Å². The number of benzene rings is 1. The molecular weight excluding hydrogens is 250 g/mol. The molecule has 0 aliphatic heterocycles. The lowest BCUT2D eigenvalue weighted by molar-refractivity contribution is -0.151. The van der Waals surface area contributed by atoms with E-state index in [1.54, 1.807) is 6.08 Å². The number of hydrogen-bond donors (Lipinski definition) is 1. The minimum atomic E-state index is -0.622. The molecule has 3 nitrogen and oxygen atoms in total. The van der Waals surface area contributed by atoms with Crippen LogP contribution in [0.1, 0.15) is 37.2 Å². The summed E-state index contributed by atoms with van der Waals surface area (Å²) in [5, 5.41) is 3.39. The Labute approximate surface area is 121 Å². The van der Waals surface area contributed by atoms with Crippen LogP contribution < -0.4 is 5.32 Å². The van der Waals surface area contributed by atoms with Crippen molar-refractivity contribution in [3.63, 3.8) is 0 Å². The SMILES string of the molecule is C=CCNC1(C(=O)OC)CCCCC1c1ccccc1. The van der Waals surface area contributed by atoms with Crippen molar-refractivity contribution in [3.8, 4) is 0 Å². The van der Waals surface area contributed by atoms with Gasteiger partial charge < -0.3 is 4.74 Å². The lowest BCUT2D eigenvalue weighted by Crippen LogP contribution is -2.58. The summed E-state index contributed by atoms with van der Waals surface area (Å²) < 4.78 is 5.11. The minimum Gasteiger partial charge on any atom is -0.468 e.